The highest BCUT2D eigenvalue weighted by atomic mass is 32.2. The number of carbonyl (C=O) groups excluding carboxylic acids is 2. The van der Waals surface area contributed by atoms with Gasteiger partial charge in [-0.05, 0) is 33.8 Å². The minimum atomic E-state index is -4.49. The van der Waals surface area contributed by atoms with Gasteiger partial charge >= 0.3 is 5.97 Å². The molecule has 1 heterocycles. The summed E-state index contributed by atoms with van der Waals surface area (Å²) in [6.07, 6.45) is -1.40. The molecule has 0 spiro atoms. The molecular weight excluding hydrogens is 430 g/mol. The second kappa shape index (κ2) is 9.71. The first-order valence-electron chi connectivity index (χ1n) is 9.79. The average Bonchev–Trinajstić information content (AvgIpc) is 3.08. The fraction of sp³-hybridized carbons (Fsp3) is 0.579. The molecule has 11 nitrogen and oxygen atoms in total. The summed E-state index contributed by atoms with van der Waals surface area (Å²) in [7, 11) is -4.49. The maximum absolute atomic E-state index is 13.1. The van der Waals surface area contributed by atoms with Gasteiger partial charge in [0.2, 0.25) is 0 Å². The molecule has 0 aliphatic carbocycles. The molecular formula is C19H27N3O8S. The van der Waals surface area contributed by atoms with Crippen LogP contribution in [-0.2, 0) is 24.3 Å². The van der Waals surface area contributed by atoms with Crippen LogP contribution in [0.1, 0.15) is 34.1 Å². The maximum atomic E-state index is 13.1. The van der Waals surface area contributed by atoms with E-state index in [1.807, 2.05) is 27.7 Å². The van der Waals surface area contributed by atoms with Gasteiger partial charge in [0, 0.05) is 31.1 Å². The molecule has 0 aromatic heterocycles. The van der Waals surface area contributed by atoms with Gasteiger partial charge in [-0.15, -0.1) is 0 Å². The topological polar surface area (TPSA) is 147 Å². The van der Waals surface area contributed by atoms with Crippen LogP contribution in [0.2, 0.25) is 0 Å². The maximum Gasteiger partial charge on any atom is 0.325 e. The Bertz CT molecular complexity index is 939. The van der Waals surface area contributed by atoms with Crippen molar-refractivity contribution in [3.63, 3.8) is 0 Å². The number of hydrogen-bond acceptors (Lipinski definition) is 8. The normalized spacial score (nSPS) is 19.6. The Morgan fingerprint density at radius 2 is 1.84 bits per heavy atom. The van der Waals surface area contributed by atoms with Gasteiger partial charge in [0.25, 0.3) is 21.6 Å². The predicted molar refractivity (Wildman–Crippen MR) is 109 cm³/mol. The van der Waals surface area contributed by atoms with Crippen molar-refractivity contribution >= 4 is 27.6 Å². The van der Waals surface area contributed by atoms with Crippen molar-refractivity contribution in [2.75, 3.05) is 13.2 Å². The number of amides is 1. The SMILES string of the molecule is CC(C)N(C(=O)COC(=O)[C@@H]1C[C@@H](O)CN1S(=O)(=O)c1ccccc1[N+](=O)[O-])C(C)C. The van der Waals surface area contributed by atoms with Crippen LogP contribution in [0.15, 0.2) is 29.2 Å². The highest BCUT2D eigenvalue weighted by molar-refractivity contribution is 7.89. The van der Waals surface area contributed by atoms with Crippen LogP contribution in [0.4, 0.5) is 5.69 Å². The van der Waals surface area contributed by atoms with Gasteiger partial charge in [-0.25, -0.2) is 8.42 Å². The summed E-state index contributed by atoms with van der Waals surface area (Å²) in [6.45, 7) is 6.25. The zero-order valence-corrected chi connectivity index (χ0v) is 18.6. The van der Waals surface area contributed by atoms with Crippen LogP contribution >= 0.6 is 0 Å². The molecule has 0 radical (unpaired) electrons. The van der Waals surface area contributed by atoms with Crippen molar-refractivity contribution in [3.05, 3.63) is 34.4 Å². The number of para-hydroxylation sites is 1. The van der Waals surface area contributed by atoms with Crippen molar-refractivity contribution in [2.45, 2.75) is 63.2 Å². The van der Waals surface area contributed by atoms with Gasteiger partial charge in [0.05, 0.1) is 11.0 Å². The minimum Gasteiger partial charge on any atom is -0.454 e. The largest absolute Gasteiger partial charge is 0.454 e. The van der Waals surface area contributed by atoms with Gasteiger partial charge in [-0.3, -0.25) is 19.7 Å². The first-order chi connectivity index (χ1) is 14.4. The summed E-state index contributed by atoms with van der Waals surface area (Å²) in [5.41, 5.74) is -0.643. The van der Waals surface area contributed by atoms with Crippen LogP contribution in [0.25, 0.3) is 0 Å². The zero-order chi connectivity index (χ0) is 23.5. The molecule has 1 aromatic carbocycles. The Morgan fingerprint density at radius 3 is 2.39 bits per heavy atom. The molecule has 0 unspecified atom stereocenters. The van der Waals surface area contributed by atoms with Crippen molar-refractivity contribution in [1.29, 1.82) is 0 Å². The predicted octanol–water partition coefficient (Wildman–Crippen LogP) is 0.907. The number of nitrogens with zero attached hydrogens (tertiary/aromatic N) is 3. The van der Waals surface area contributed by atoms with E-state index in [9.17, 15) is 33.2 Å². The fourth-order valence-electron chi connectivity index (χ4n) is 3.69. The molecule has 1 aromatic rings. The number of aliphatic hydroxyl groups excluding tert-OH is 1. The van der Waals surface area contributed by atoms with E-state index in [2.05, 4.69) is 0 Å². The molecule has 0 saturated carbocycles. The third-order valence-electron chi connectivity index (χ3n) is 4.89. The number of ether oxygens (including phenoxy) is 1. The van der Waals surface area contributed by atoms with Crippen molar-refractivity contribution < 1.29 is 32.8 Å². The Hall–Kier alpha value is -2.57. The number of carbonyl (C=O) groups is 2. The van der Waals surface area contributed by atoms with E-state index < -0.39 is 62.7 Å². The number of rotatable bonds is 8. The number of sulfonamides is 1. The van der Waals surface area contributed by atoms with E-state index in [0.29, 0.717) is 4.31 Å². The number of nitro groups is 1. The molecule has 1 amide bonds. The summed E-state index contributed by atoms with van der Waals surface area (Å²) in [5, 5.41) is 21.2. The Morgan fingerprint density at radius 1 is 1.26 bits per heavy atom. The lowest BCUT2D eigenvalue weighted by Crippen LogP contribution is -2.46. The monoisotopic (exact) mass is 457 g/mol. The number of nitro benzene ring substituents is 1. The van der Waals surface area contributed by atoms with Crippen LogP contribution in [-0.4, -0.2) is 76.9 Å². The average molecular weight is 458 g/mol. The molecule has 2 atom stereocenters. The summed E-state index contributed by atoms with van der Waals surface area (Å²) in [6, 6.07) is 3.09. The van der Waals surface area contributed by atoms with E-state index in [1.165, 1.54) is 17.0 Å². The molecule has 172 valence electrons. The second-order valence-electron chi connectivity index (χ2n) is 7.80. The quantitative estimate of drug-likeness (QED) is 0.344. The number of esters is 1. The molecule has 0 bridgehead atoms. The lowest BCUT2D eigenvalue weighted by molar-refractivity contribution is -0.387. The summed E-state index contributed by atoms with van der Waals surface area (Å²) in [5.74, 6) is -1.44. The molecule has 1 aliphatic heterocycles. The number of aliphatic hydroxyl groups is 1. The van der Waals surface area contributed by atoms with Crippen LogP contribution in [0, 0.1) is 10.1 Å². The molecule has 2 rings (SSSR count). The zero-order valence-electron chi connectivity index (χ0n) is 17.8. The summed E-state index contributed by atoms with van der Waals surface area (Å²) < 4.78 is 31.9. The second-order valence-corrected chi connectivity index (χ2v) is 9.66. The first-order valence-corrected chi connectivity index (χ1v) is 11.2. The first kappa shape index (κ1) is 24.7. The highest BCUT2D eigenvalue weighted by Crippen LogP contribution is 2.31. The lowest BCUT2D eigenvalue weighted by atomic mass is 10.2. The van der Waals surface area contributed by atoms with E-state index in [0.717, 1.165) is 12.1 Å². The van der Waals surface area contributed by atoms with E-state index in [4.69, 9.17) is 4.74 Å². The number of hydrogen-bond donors (Lipinski definition) is 1. The molecule has 1 aliphatic rings. The van der Waals surface area contributed by atoms with Gasteiger partial charge < -0.3 is 14.7 Å². The third kappa shape index (κ3) is 5.38. The Kier molecular flexibility index (Phi) is 7.73. The van der Waals surface area contributed by atoms with E-state index in [1.54, 1.807) is 0 Å². The van der Waals surface area contributed by atoms with Gasteiger partial charge in [-0.2, -0.15) is 4.31 Å². The smallest absolute Gasteiger partial charge is 0.325 e. The van der Waals surface area contributed by atoms with Crippen molar-refractivity contribution in [1.82, 2.24) is 9.21 Å². The number of benzene rings is 1. The molecule has 31 heavy (non-hydrogen) atoms. The number of β-amino-alcohol motifs (C(OH)–C–C–N with tert-alkyl or cyclic N) is 1. The van der Waals surface area contributed by atoms with Crippen molar-refractivity contribution in [3.8, 4) is 0 Å². The molecule has 1 saturated heterocycles. The third-order valence-corrected chi connectivity index (χ3v) is 6.81. The fourth-order valence-corrected chi connectivity index (χ4v) is 5.48. The standard InChI is InChI=1S/C19H27N3O8S/c1-12(2)21(13(3)4)18(24)11-30-19(25)16-9-14(23)10-20(16)31(28,29)17-8-6-5-7-15(17)22(26)27/h5-8,12-14,16,23H,9-11H2,1-4H3/t14-,16+/m1/s1. The molecule has 12 heteroatoms. The van der Waals surface area contributed by atoms with Gasteiger partial charge in [0.15, 0.2) is 11.5 Å². The lowest BCUT2D eigenvalue weighted by Gasteiger charge is -2.30. The highest BCUT2D eigenvalue weighted by Gasteiger charge is 2.46. The summed E-state index contributed by atoms with van der Waals surface area (Å²) >= 11 is 0. The van der Waals surface area contributed by atoms with E-state index >= 15 is 0 Å². The van der Waals surface area contributed by atoms with Crippen LogP contribution in [0.5, 0.6) is 0 Å². The van der Waals surface area contributed by atoms with Crippen LogP contribution in [0.3, 0.4) is 0 Å². The molecule has 1 fully saturated rings. The minimum absolute atomic E-state index is 0.130. The van der Waals surface area contributed by atoms with Gasteiger partial charge in [0.1, 0.15) is 6.04 Å². The van der Waals surface area contributed by atoms with E-state index in [-0.39, 0.29) is 18.5 Å². The Balaban J connectivity index is 2.24. The Labute approximate surface area is 180 Å². The summed E-state index contributed by atoms with van der Waals surface area (Å²) in [4.78, 5) is 36.4. The van der Waals surface area contributed by atoms with Gasteiger partial charge in [-0.1, -0.05) is 12.1 Å². The van der Waals surface area contributed by atoms with Crippen LogP contribution < -0.4 is 0 Å². The molecule has 1 N–H and O–H groups in total. The van der Waals surface area contributed by atoms with Crippen molar-refractivity contribution in [2.24, 2.45) is 0 Å².